The van der Waals surface area contributed by atoms with E-state index in [4.69, 9.17) is 10.5 Å². The SMILES string of the molecule is COc1ccc(S(=O)(=O)Nc2ccc(F)cc2Br)cc1N. The first kappa shape index (κ1) is 15.6. The molecule has 0 aliphatic carbocycles. The molecule has 0 amide bonds. The Bertz CT molecular complexity index is 781. The van der Waals surface area contributed by atoms with Crippen molar-refractivity contribution in [2.75, 3.05) is 17.6 Å². The standard InChI is InChI=1S/C13H12BrFN2O3S/c1-20-13-5-3-9(7-11(13)16)21(18,19)17-12-4-2-8(15)6-10(12)14/h2-7,17H,16H2,1H3. The highest BCUT2D eigenvalue weighted by Crippen LogP contribution is 2.28. The van der Waals surface area contributed by atoms with Gasteiger partial charge in [-0.15, -0.1) is 0 Å². The van der Waals surface area contributed by atoms with Gasteiger partial charge in [0.15, 0.2) is 0 Å². The van der Waals surface area contributed by atoms with Crippen molar-refractivity contribution in [2.45, 2.75) is 4.90 Å². The second-order valence-corrected chi connectivity index (χ2v) is 6.67. The van der Waals surface area contributed by atoms with Gasteiger partial charge in [-0.1, -0.05) is 0 Å². The maximum Gasteiger partial charge on any atom is 0.262 e. The average Bonchev–Trinajstić information content (AvgIpc) is 2.42. The lowest BCUT2D eigenvalue weighted by Crippen LogP contribution is -2.13. The number of nitrogen functional groups attached to an aromatic ring is 1. The minimum absolute atomic E-state index is 0.0166. The normalized spacial score (nSPS) is 11.2. The van der Waals surface area contributed by atoms with E-state index in [1.165, 1.54) is 37.4 Å². The first-order chi connectivity index (χ1) is 9.83. The van der Waals surface area contributed by atoms with E-state index >= 15 is 0 Å². The fourth-order valence-electron chi connectivity index (χ4n) is 1.66. The molecule has 0 spiro atoms. The molecular formula is C13H12BrFN2O3S. The van der Waals surface area contributed by atoms with E-state index in [0.29, 0.717) is 10.2 Å². The van der Waals surface area contributed by atoms with Gasteiger partial charge in [-0.25, -0.2) is 12.8 Å². The van der Waals surface area contributed by atoms with Gasteiger partial charge in [-0.2, -0.15) is 0 Å². The molecule has 2 rings (SSSR count). The van der Waals surface area contributed by atoms with Crippen LogP contribution in [0.15, 0.2) is 45.8 Å². The maximum absolute atomic E-state index is 13.0. The fourth-order valence-corrected chi connectivity index (χ4v) is 3.35. The Morgan fingerprint density at radius 3 is 2.52 bits per heavy atom. The third-order valence-corrected chi connectivity index (χ3v) is 4.71. The highest BCUT2D eigenvalue weighted by atomic mass is 79.9. The average molecular weight is 375 g/mol. The second kappa shape index (κ2) is 5.90. The summed E-state index contributed by atoms with van der Waals surface area (Å²) in [6.45, 7) is 0. The van der Waals surface area contributed by atoms with Gasteiger partial charge < -0.3 is 10.5 Å². The maximum atomic E-state index is 13.0. The molecule has 0 saturated carbocycles. The molecule has 0 saturated heterocycles. The molecule has 3 N–H and O–H groups in total. The number of hydrogen-bond acceptors (Lipinski definition) is 4. The van der Waals surface area contributed by atoms with Crippen molar-refractivity contribution in [3.05, 3.63) is 46.7 Å². The summed E-state index contributed by atoms with van der Waals surface area (Å²) in [4.78, 5) is -0.0166. The van der Waals surface area contributed by atoms with E-state index in [1.54, 1.807) is 0 Å². The molecule has 0 unspecified atom stereocenters. The summed E-state index contributed by atoms with van der Waals surface area (Å²) in [5.74, 6) is -0.0876. The smallest absolute Gasteiger partial charge is 0.262 e. The lowest BCUT2D eigenvalue weighted by molar-refractivity contribution is 0.416. The summed E-state index contributed by atoms with van der Waals surface area (Å²) in [7, 11) is -2.40. The van der Waals surface area contributed by atoms with Crippen molar-refractivity contribution in [2.24, 2.45) is 0 Å². The van der Waals surface area contributed by atoms with Crippen LogP contribution in [0.2, 0.25) is 0 Å². The first-order valence-electron chi connectivity index (χ1n) is 5.75. The molecule has 0 radical (unpaired) electrons. The number of nitrogens with one attached hydrogen (secondary N) is 1. The first-order valence-corrected chi connectivity index (χ1v) is 8.02. The van der Waals surface area contributed by atoms with Crippen molar-refractivity contribution < 1.29 is 17.5 Å². The number of nitrogens with two attached hydrogens (primary N) is 1. The van der Waals surface area contributed by atoms with Crippen molar-refractivity contribution in [3.8, 4) is 5.75 Å². The lowest BCUT2D eigenvalue weighted by Gasteiger charge is -2.11. The van der Waals surface area contributed by atoms with Crippen LogP contribution in [-0.4, -0.2) is 15.5 Å². The van der Waals surface area contributed by atoms with Crippen LogP contribution < -0.4 is 15.2 Å². The highest BCUT2D eigenvalue weighted by molar-refractivity contribution is 9.10. The Morgan fingerprint density at radius 1 is 1.24 bits per heavy atom. The van der Waals surface area contributed by atoms with Crippen molar-refractivity contribution in [1.29, 1.82) is 0 Å². The van der Waals surface area contributed by atoms with E-state index in [9.17, 15) is 12.8 Å². The van der Waals surface area contributed by atoms with E-state index in [2.05, 4.69) is 20.7 Å². The predicted molar refractivity (Wildman–Crippen MR) is 82.3 cm³/mol. The summed E-state index contributed by atoms with van der Waals surface area (Å²) in [6.07, 6.45) is 0. The molecule has 5 nitrogen and oxygen atoms in total. The number of benzene rings is 2. The van der Waals surface area contributed by atoms with Crippen LogP contribution >= 0.6 is 15.9 Å². The van der Waals surface area contributed by atoms with Crippen molar-refractivity contribution >= 4 is 37.3 Å². The van der Waals surface area contributed by atoms with Crippen LogP contribution in [0.5, 0.6) is 5.75 Å². The molecule has 0 heterocycles. The summed E-state index contributed by atoms with van der Waals surface area (Å²) < 4.78 is 45.2. The molecule has 2 aromatic carbocycles. The topological polar surface area (TPSA) is 81.4 Å². The van der Waals surface area contributed by atoms with Gasteiger partial charge in [0.2, 0.25) is 0 Å². The third-order valence-electron chi connectivity index (χ3n) is 2.69. The molecule has 112 valence electrons. The molecule has 0 bridgehead atoms. The van der Waals surface area contributed by atoms with E-state index in [1.807, 2.05) is 0 Å². The van der Waals surface area contributed by atoms with Crippen LogP contribution in [-0.2, 0) is 10.0 Å². The molecule has 0 aliphatic rings. The summed E-state index contributed by atoms with van der Waals surface area (Å²) in [5.41, 5.74) is 6.13. The molecule has 0 aliphatic heterocycles. The van der Waals surface area contributed by atoms with Crippen LogP contribution in [0, 0.1) is 5.82 Å². The number of ether oxygens (including phenoxy) is 1. The van der Waals surface area contributed by atoms with Crippen molar-refractivity contribution in [3.63, 3.8) is 0 Å². The van der Waals surface area contributed by atoms with Gasteiger partial charge >= 0.3 is 0 Å². The highest BCUT2D eigenvalue weighted by Gasteiger charge is 2.17. The summed E-state index contributed by atoms with van der Waals surface area (Å²) in [6, 6.07) is 7.77. The minimum atomic E-state index is -3.83. The zero-order valence-electron chi connectivity index (χ0n) is 10.9. The Morgan fingerprint density at radius 2 is 1.95 bits per heavy atom. The molecule has 0 atom stereocenters. The zero-order chi connectivity index (χ0) is 15.6. The van der Waals surface area contributed by atoms with Gasteiger partial charge in [0.05, 0.1) is 23.4 Å². The number of methoxy groups -OCH3 is 1. The molecular weight excluding hydrogens is 363 g/mol. The number of anilines is 2. The number of hydrogen-bond donors (Lipinski definition) is 2. The summed E-state index contributed by atoms with van der Waals surface area (Å²) in [5, 5.41) is 0. The Balaban J connectivity index is 2.36. The van der Waals surface area contributed by atoms with Gasteiger partial charge in [-0.3, -0.25) is 4.72 Å². The molecule has 8 heteroatoms. The monoisotopic (exact) mass is 374 g/mol. The third kappa shape index (κ3) is 3.45. The fraction of sp³-hybridized carbons (Fsp3) is 0.0769. The van der Waals surface area contributed by atoms with Gasteiger partial charge in [-0.05, 0) is 52.3 Å². The van der Waals surface area contributed by atoms with Gasteiger partial charge in [0, 0.05) is 4.47 Å². The van der Waals surface area contributed by atoms with Crippen LogP contribution in [0.25, 0.3) is 0 Å². The summed E-state index contributed by atoms with van der Waals surface area (Å²) >= 11 is 3.10. The number of rotatable bonds is 4. The van der Waals surface area contributed by atoms with Crippen molar-refractivity contribution in [1.82, 2.24) is 0 Å². The van der Waals surface area contributed by atoms with E-state index < -0.39 is 15.8 Å². The molecule has 0 aromatic heterocycles. The Labute approximate surface area is 130 Å². The lowest BCUT2D eigenvalue weighted by atomic mass is 10.3. The number of halogens is 2. The van der Waals surface area contributed by atoms with E-state index in [-0.39, 0.29) is 16.3 Å². The molecule has 21 heavy (non-hydrogen) atoms. The molecule has 0 fully saturated rings. The number of sulfonamides is 1. The minimum Gasteiger partial charge on any atom is -0.495 e. The zero-order valence-corrected chi connectivity index (χ0v) is 13.3. The van der Waals surface area contributed by atoms with Crippen LogP contribution in [0.1, 0.15) is 0 Å². The van der Waals surface area contributed by atoms with Gasteiger partial charge in [0.1, 0.15) is 11.6 Å². The largest absolute Gasteiger partial charge is 0.495 e. The Hall–Kier alpha value is -1.80. The van der Waals surface area contributed by atoms with E-state index in [0.717, 1.165) is 6.07 Å². The molecule has 2 aromatic rings. The Kier molecular flexibility index (Phi) is 4.38. The van der Waals surface area contributed by atoms with Crippen LogP contribution in [0.4, 0.5) is 15.8 Å². The predicted octanol–water partition coefficient (Wildman–Crippen LogP) is 2.98. The van der Waals surface area contributed by atoms with Crippen LogP contribution in [0.3, 0.4) is 0 Å². The second-order valence-electron chi connectivity index (χ2n) is 4.13. The quantitative estimate of drug-likeness (QED) is 0.806. The van der Waals surface area contributed by atoms with Gasteiger partial charge in [0.25, 0.3) is 10.0 Å².